The number of amides is 1. The predicted octanol–water partition coefficient (Wildman–Crippen LogP) is 3.15. The first-order chi connectivity index (χ1) is 14.4. The molecule has 0 radical (unpaired) electrons. The molecule has 7 nitrogen and oxygen atoms in total. The Balaban J connectivity index is 1.61. The quantitative estimate of drug-likeness (QED) is 0.644. The smallest absolute Gasteiger partial charge is 0.341 e. The van der Waals surface area contributed by atoms with E-state index in [2.05, 4.69) is 17.2 Å². The Labute approximate surface area is 175 Å². The Kier molecular flexibility index (Phi) is 5.38. The fourth-order valence-electron chi connectivity index (χ4n) is 3.72. The number of rotatable bonds is 4. The second-order valence-corrected chi connectivity index (χ2v) is 8.54. The van der Waals surface area contributed by atoms with Crippen LogP contribution in [-0.4, -0.2) is 28.5 Å². The summed E-state index contributed by atoms with van der Waals surface area (Å²) in [6, 6.07) is 3.69. The number of esters is 1. The van der Waals surface area contributed by atoms with E-state index in [1.807, 2.05) is 0 Å². The second kappa shape index (κ2) is 7.98. The maximum atomic E-state index is 13.3. The highest BCUT2D eigenvalue weighted by Gasteiger charge is 2.29. The normalized spacial score (nSPS) is 15.6. The molecule has 1 aromatic carbocycles. The lowest BCUT2D eigenvalue weighted by Gasteiger charge is -2.18. The number of hydrogen-bond acceptors (Lipinski definition) is 6. The Bertz CT molecular complexity index is 1220. The van der Waals surface area contributed by atoms with E-state index in [4.69, 9.17) is 4.74 Å². The fraction of sp³-hybridized carbons (Fsp3) is 0.333. The number of benzene rings is 1. The first-order valence-corrected chi connectivity index (χ1v) is 10.4. The summed E-state index contributed by atoms with van der Waals surface area (Å²) in [6.45, 7) is 1.88. The highest BCUT2D eigenvalue weighted by atomic mass is 32.1. The fourth-order valence-corrected chi connectivity index (χ4v) is 5.14. The Morgan fingerprint density at radius 1 is 1.40 bits per heavy atom. The van der Waals surface area contributed by atoms with Crippen molar-refractivity contribution in [2.24, 2.45) is 5.92 Å². The van der Waals surface area contributed by atoms with Gasteiger partial charge in [0.05, 0.1) is 29.9 Å². The van der Waals surface area contributed by atoms with Crippen LogP contribution in [0.1, 0.15) is 34.1 Å². The molecule has 30 heavy (non-hydrogen) atoms. The topological polar surface area (TPSA) is 90.3 Å². The molecule has 1 aliphatic rings. The minimum Gasteiger partial charge on any atom is -0.465 e. The van der Waals surface area contributed by atoms with Crippen LogP contribution in [0.4, 0.5) is 9.39 Å². The summed E-state index contributed by atoms with van der Waals surface area (Å²) in [5, 5.41) is 3.43. The third kappa shape index (κ3) is 3.72. The van der Waals surface area contributed by atoms with Crippen molar-refractivity contribution in [2.45, 2.75) is 32.7 Å². The van der Waals surface area contributed by atoms with Crippen molar-refractivity contribution in [3.8, 4) is 0 Å². The van der Waals surface area contributed by atoms with Gasteiger partial charge in [-0.15, -0.1) is 11.3 Å². The van der Waals surface area contributed by atoms with Crippen molar-refractivity contribution in [1.29, 1.82) is 0 Å². The highest BCUT2D eigenvalue weighted by molar-refractivity contribution is 7.17. The third-order valence-electron chi connectivity index (χ3n) is 5.26. The summed E-state index contributed by atoms with van der Waals surface area (Å²) in [7, 11) is 1.31. The molecule has 2 heterocycles. The zero-order chi connectivity index (χ0) is 21.4. The van der Waals surface area contributed by atoms with Gasteiger partial charge in [-0.2, -0.15) is 0 Å². The standard InChI is InChI=1S/C21H20FN3O4S/c1-11-3-5-14-16(7-11)30-19(18(14)21(28)29-2)24-17(26)9-25-10-23-15-8-12(22)4-6-13(15)20(25)27/h4,6,8,10-11H,3,5,7,9H2,1-2H3,(H,24,26). The van der Waals surface area contributed by atoms with E-state index in [0.29, 0.717) is 16.5 Å². The van der Waals surface area contributed by atoms with E-state index >= 15 is 0 Å². The molecule has 0 bridgehead atoms. The molecule has 4 rings (SSSR count). The number of nitrogens with zero attached hydrogens (tertiary/aromatic N) is 2. The van der Waals surface area contributed by atoms with Gasteiger partial charge in [0.2, 0.25) is 5.91 Å². The van der Waals surface area contributed by atoms with Gasteiger partial charge in [0.1, 0.15) is 17.4 Å². The van der Waals surface area contributed by atoms with Gasteiger partial charge >= 0.3 is 5.97 Å². The number of aromatic nitrogens is 2. The Morgan fingerprint density at radius 3 is 2.97 bits per heavy atom. The summed E-state index contributed by atoms with van der Waals surface area (Å²) in [5.74, 6) is -0.922. The lowest BCUT2D eigenvalue weighted by atomic mass is 9.88. The molecule has 0 aliphatic heterocycles. The number of anilines is 1. The molecule has 1 amide bonds. The molecule has 0 fully saturated rings. The van der Waals surface area contributed by atoms with E-state index in [-0.39, 0.29) is 17.4 Å². The van der Waals surface area contributed by atoms with Gasteiger partial charge in [-0.05, 0) is 42.9 Å². The highest BCUT2D eigenvalue weighted by Crippen LogP contribution is 2.40. The van der Waals surface area contributed by atoms with Gasteiger partial charge in [0.15, 0.2) is 0 Å². The average Bonchev–Trinajstić information content (AvgIpc) is 3.06. The first kappa shape index (κ1) is 20.2. The monoisotopic (exact) mass is 429 g/mol. The molecule has 1 atom stereocenters. The molecule has 156 valence electrons. The minimum atomic E-state index is -0.490. The lowest BCUT2D eigenvalue weighted by Crippen LogP contribution is -2.28. The van der Waals surface area contributed by atoms with E-state index in [1.54, 1.807) is 0 Å². The van der Waals surface area contributed by atoms with Crippen LogP contribution in [0.3, 0.4) is 0 Å². The SMILES string of the molecule is COC(=O)c1c(NC(=O)Cn2cnc3cc(F)ccc3c2=O)sc2c1CCC(C)C2. The van der Waals surface area contributed by atoms with Crippen molar-refractivity contribution in [1.82, 2.24) is 9.55 Å². The largest absolute Gasteiger partial charge is 0.465 e. The average molecular weight is 429 g/mol. The van der Waals surface area contributed by atoms with Gasteiger partial charge in [-0.25, -0.2) is 14.2 Å². The second-order valence-electron chi connectivity index (χ2n) is 7.43. The van der Waals surface area contributed by atoms with Crippen LogP contribution in [0, 0.1) is 11.7 Å². The number of halogens is 1. The van der Waals surface area contributed by atoms with Crippen LogP contribution in [0.2, 0.25) is 0 Å². The van der Waals surface area contributed by atoms with Crippen LogP contribution in [0.15, 0.2) is 29.3 Å². The molecule has 0 spiro atoms. The van der Waals surface area contributed by atoms with Gasteiger partial charge in [-0.1, -0.05) is 6.92 Å². The molecule has 1 unspecified atom stereocenters. The maximum absolute atomic E-state index is 13.3. The number of carbonyl (C=O) groups is 2. The predicted molar refractivity (Wildman–Crippen MR) is 111 cm³/mol. The van der Waals surface area contributed by atoms with E-state index in [1.165, 1.54) is 43.0 Å². The zero-order valence-electron chi connectivity index (χ0n) is 16.5. The zero-order valence-corrected chi connectivity index (χ0v) is 17.3. The van der Waals surface area contributed by atoms with Gasteiger partial charge in [0.25, 0.3) is 5.56 Å². The van der Waals surface area contributed by atoms with Crippen molar-refractivity contribution >= 4 is 39.1 Å². The maximum Gasteiger partial charge on any atom is 0.341 e. The van der Waals surface area contributed by atoms with Crippen LogP contribution < -0.4 is 10.9 Å². The lowest BCUT2D eigenvalue weighted by molar-refractivity contribution is -0.116. The molecule has 1 aliphatic carbocycles. The van der Waals surface area contributed by atoms with Crippen molar-refractivity contribution in [3.63, 3.8) is 0 Å². The van der Waals surface area contributed by atoms with Gasteiger partial charge in [0, 0.05) is 10.9 Å². The summed E-state index contributed by atoms with van der Waals surface area (Å²) >= 11 is 1.38. The number of ether oxygens (including phenoxy) is 1. The molecular weight excluding hydrogens is 409 g/mol. The van der Waals surface area contributed by atoms with E-state index in [0.717, 1.165) is 34.3 Å². The third-order valence-corrected chi connectivity index (χ3v) is 6.43. The van der Waals surface area contributed by atoms with Gasteiger partial charge < -0.3 is 10.1 Å². The molecule has 9 heteroatoms. The first-order valence-electron chi connectivity index (χ1n) is 9.54. The summed E-state index contributed by atoms with van der Waals surface area (Å²) in [4.78, 5) is 42.7. The van der Waals surface area contributed by atoms with Crippen LogP contribution in [0.25, 0.3) is 10.9 Å². The number of nitrogens with one attached hydrogen (secondary N) is 1. The molecule has 0 saturated carbocycles. The Hall–Kier alpha value is -3.07. The van der Waals surface area contributed by atoms with Crippen LogP contribution >= 0.6 is 11.3 Å². The van der Waals surface area contributed by atoms with Crippen molar-refractivity contribution in [3.05, 3.63) is 56.7 Å². The van der Waals surface area contributed by atoms with Crippen LogP contribution in [0.5, 0.6) is 0 Å². The molecule has 3 aromatic rings. The summed E-state index contributed by atoms with van der Waals surface area (Å²) in [5.41, 5.74) is 1.12. The van der Waals surface area contributed by atoms with Crippen molar-refractivity contribution < 1.29 is 18.7 Å². The van der Waals surface area contributed by atoms with Gasteiger partial charge in [-0.3, -0.25) is 14.2 Å². The number of fused-ring (bicyclic) bond motifs is 2. The molecule has 2 aromatic heterocycles. The minimum absolute atomic E-state index is 0.225. The van der Waals surface area contributed by atoms with Crippen molar-refractivity contribution in [2.75, 3.05) is 12.4 Å². The number of carbonyl (C=O) groups excluding carboxylic acids is 2. The number of hydrogen-bond donors (Lipinski definition) is 1. The molecule has 1 N–H and O–H groups in total. The van der Waals surface area contributed by atoms with E-state index < -0.39 is 23.3 Å². The number of methoxy groups -OCH3 is 1. The Morgan fingerprint density at radius 2 is 2.20 bits per heavy atom. The van der Waals surface area contributed by atoms with E-state index in [9.17, 15) is 18.8 Å². The number of thiophene rings is 1. The summed E-state index contributed by atoms with van der Waals surface area (Å²) < 4.78 is 19.4. The van der Waals surface area contributed by atoms with Crippen LogP contribution in [-0.2, 0) is 28.9 Å². The molecular formula is C21H20FN3O4S. The molecule has 0 saturated heterocycles. The summed E-state index contributed by atoms with van der Waals surface area (Å²) in [6.07, 6.45) is 3.80.